The smallest absolute Gasteiger partial charge is 0.0457 e. The maximum Gasteiger partial charge on any atom is 0.0457 e. The van der Waals surface area contributed by atoms with Crippen molar-refractivity contribution in [2.45, 2.75) is 4.90 Å². The van der Waals surface area contributed by atoms with Crippen LogP contribution in [0.1, 0.15) is 0 Å². The first-order valence-electron chi connectivity index (χ1n) is 3.42. The molecule has 0 radical (unpaired) electrons. The maximum absolute atomic E-state index is 11.6. The lowest BCUT2D eigenvalue weighted by molar-refractivity contribution is 0.679. The van der Waals surface area contributed by atoms with Crippen LogP contribution in [-0.2, 0) is 9.93 Å². The van der Waals surface area contributed by atoms with Gasteiger partial charge in [0.1, 0.15) is 0 Å². The third-order valence-corrected chi connectivity index (χ3v) is 3.08. The van der Waals surface area contributed by atoms with Gasteiger partial charge in [-0.1, -0.05) is 22.1 Å². The van der Waals surface area contributed by atoms with E-state index in [9.17, 15) is 4.21 Å². The highest BCUT2D eigenvalue weighted by Gasteiger charge is 2.06. The van der Waals surface area contributed by atoms with Crippen molar-refractivity contribution >= 4 is 15.6 Å². The van der Waals surface area contributed by atoms with Crippen molar-refractivity contribution in [3.05, 3.63) is 24.3 Å². The Morgan fingerprint density at radius 1 is 1.27 bits per heavy atom. The van der Waals surface area contributed by atoms with Crippen LogP contribution < -0.4 is 5.73 Å². The van der Waals surface area contributed by atoms with Gasteiger partial charge < -0.3 is 5.73 Å². The molecule has 62 valence electrons. The van der Waals surface area contributed by atoms with Crippen LogP contribution in [0.2, 0.25) is 0 Å². The molecule has 0 saturated heterocycles. The molecule has 1 aromatic rings. The van der Waals surface area contributed by atoms with E-state index in [1.807, 2.05) is 18.2 Å². The van der Waals surface area contributed by atoms with Gasteiger partial charge in [-0.25, -0.2) is 0 Å². The molecule has 3 heteroatoms. The summed E-state index contributed by atoms with van der Waals surface area (Å²) in [6, 6.07) is 7.28. The summed E-state index contributed by atoms with van der Waals surface area (Å²) in [5.74, 6) is 0. The van der Waals surface area contributed by atoms with E-state index in [-0.39, 0.29) is 0 Å². The SMILES string of the molecule is C[SH](C)(=O)c1ccccc1N. The summed E-state index contributed by atoms with van der Waals surface area (Å²) < 4.78 is 11.6. The van der Waals surface area contributed by atoms with Gasteiger partial charge in [-0.2, -0.15) is 0 Å². The average Bonchev–Trinajstić information content (AvgIpc) is 1.86. The minimum absolute atomic E-state index is 0.626. The van der Waals surface area contributed by atoms with Gasteiger partial charge in [-0.15, -0.1) is 0 Å². The Morgan fingerprint density at radius 2 is 1.82 bits per heavy atom. The van der Waals surface area contributed by atoms with E-state index in [2.05, 4.69) is 0 Å². The third kappa shape index (κ3) is 1.80. The highest BCUT2D eigenvalue weighted by atomic mass is 32.2. The van der Waals surface area contributed by atoms with Gasteiger partial charge in [-0.05, 0) is 24.6 Å². The topological polar surface area (TPSA) is 43.1 Å². The van der Waals surface area contributed by atoms with Gasteiger partial charge in [0.05, 0.1) is 0 Å². The lowest BCUT2D eigenvalue weighted by Crippen LogP contribution is -2.08. The number of benzene rings is 1. The molecule has 0 heterocycles. The second kappa shape index (κ2) is 2.66. The molecule has 2 N–H and O–H groups in total. The fourth-order valence-corrected chi connectivity index (χ4v) is 2.12. The van der Waals surface area contributed by atoms with Gasteiger partial charge in [0, 0.05) is 10.6 Å². The van der Waals surface area contributed by atoms with Crippen molar-refractivity contribution in [2.75, 3.05) is 18.2 Å². The molecule has 0 saturated carbocycles. The zero-order valence-corrected chi connectivity index (χ0v) is 7.64. The Hall–Kier alpha value is -0.830. The minimum atomic E-state index is -2.18. The Bertz CT molecular complexity index is 303. The molecule has 2 nitrogen and oxygen atoms in total. The van der Waals surface area contributed by atoms with Gasteiger partial charge >= 0.3 is 0 Å². The molecular weight excluding hydrogens is 158 g/mol. The summed E-state index contributed by atoms with van der Waals surface area (Å²) in [7, 11) is -2.18. The molecule has 0 unspecified atom stereocenters. The van der Waals surface area contributed by atoms with E-state index in [1.165, 1.54) is 0 Å². The summed E-state index contributed by atoms with van der Waals surface area (Å²) in [4.78, 5) is 0.778. The predicted molar refractivity (Wildman–Crippen MR) is 50.5 cm³/mol. The first-order chi connectivity index (χ1) is 5.02. The number of rotatable bonds is 1. The molecule has 0 fully saturated rings. The van der Waals surface area contributed by atoms with E-state index in [1.54, 1.807) is 18.6 Å². The molecular formula is C8H13NOS. The molecule has 0 spiro atoms. The number of thiol groups is 1. The molecule has 0 aliphatic carbocycles. The Balaban J connectivity index is 3.25. The fourth-order valence-electron chi connectivity index (χ4n) is 0.978. The minimum Gasteiger partial charge on any atom is -0.398 e. The third-order valence-electron chi connectivity index (χ3n) is 1.52. The average molecular weight is 171 g/mol. The predicted octanol–water partition coefficient (Wildman–Crippen LogP) is 0.904. The van der Waals surface area contributed by atoms with E-state index in [0.29, 0.717) is 5.69 Å². The molecule has 0 amide bonds. The zero-order valence-electron chi connectivity index (χ0n) is 6.74. The van der Waals surface area contributed by atoms with E-state index in [0.717, 1.165) is 4.90 Å². The summed E-state index contributed by atoms with van der Waals surface area (Å²) in [5, 5.41) is 0. The molecule has 0 aromatic heterocycles. The monoisotopic (exact) mass is 171 g/mol. The highest BCUT2D eigenvalue weighted by molar-refractivity contribution is 8.01. The van der Waals surface area contributed by atoms with Crippen LogP contribution in [0.15, 0.2) is 29.2 Å². The Morgan fingerprint density at radius 3 is 2.18 bits per heavy atom. The number of nitrogen functional groups attached to an aromatic ring is 1. The van der Waals surface area contributed by atoms with Crippen LogP contribution in [0.4, 0.5) is 5.69 Å². The van der Waals surface area contributed by atoms with Crippen LogP contribution >= 0.6 is 0 Å². The van der Waals surface area contributed by atoms with Crippen LogP contribution in [0.25, 0.3) is 0 Å². The van der Waals surface area contributed by atoms with Crippen molar-refractivity contribution in [1.82, 2.24) is 0 Å². The first-order valence-corrected chi connectivity index (χ1v) is 6.02. The number of para-hydroxylation sites is 1. The van der Waals surface area contributed by atoms with Crippen molar-refractivity contribution in [3.8, 4) is 0 Å². The van der Waals surface area contributed by atoms with Gasteiger partial charge in [0.2, 0.25) is 0 Å². The Labute approximate surface area is 67.8 Å². The molecule has 0 aliphatic rings. The summed E-state index contributed by atoms with van der Waals surface area (Å²) in [6.07, 6.45) is 3.44. The van der Waals surface area contributed by atoms with Gasteiger partial charge in [0.15, 0.2) is 0 Å². The summed E-state index contributed by atoms with van der Waals surface area (Å²) >= 11 is 0. The highest BCUT2D eigenvalue weighted by Crippen LogP contribution is 2.20. The molecule has 1 aromatic carbocycles. The standard InChI is InChI=1S/C8H13NOS/c1-11(2,10)8-6-4-3-5-7(8)9/h3-6,11H,9H2,1-2H3. The normalized spacial score (nSPS) is 12.9. The Kier molecular flexibility index (Phi) is 2.00. The fraction of sp³-hybridized carbons (Fsp3) is 0.250. The van der Waals surface area contributed by atoms with Crippen LogP contribution in [0.5, 0.6) is 0 Å². The number of nitrogens with two attached hydrogens (primary N) is 1. The van der Waals surface area contributed by atoms with Gasteiger partial charge in [0.25, 0.3) is 0 Å². The quantitative estimate of drug-likeness (QED) is 0.487. The van der Waals surface area contributed by atoms with Crippen LogP contribution in [0, 0.1) is 0 Å². The molecule has 0 bridgehead atoms. The van der Waals surface area contributed by atoms with Crippen LogP contribution in [0.3, 0.4) is 0 Å². The van der Waals surface area contributed by atoms with Crippen molar-refractivity contribution < 1.29 is 4.21 Å². The lowest BCUT2D eigenvalue weighted by atomic mass is 10.3. The number of hydrogen-bond acceptors (Lipinski definition) is 2. The zero-order chi connectivity index (χ0) is 8.48. The van der Waals surface area contributed by atoms with E-state index >= 15 is 0 Å². The molecule has 0 atom stereocenters. The summed E-state index contributed by atoms with van der Waals surface area (Å²) in [5.41, 5.74) is 6.26. The summed E-state index contributed by atoms with van der Waals surface area (Å²) in [6.45, 7) is 0. The second-order valence-electron chi connectivity index (χ2n) is 2.91. The molecule has 1 rings (SSSR count). The number of anilines is 1. The first kappa shape index (κ1) is 8.27. The van der Waals surface area contributed by atoms with Crippen molar-refractivity contribution in [1.29, 1.82) is 0 Å². The lowest BCUT2D eigenvalue weighted by Gasteiger charge is -2.13. The van der Waals surface area contributed by atoms with Gasteiger partial charge in [-0.3, -0.25) is 4.21 Å². The van der Waals surface area contributed by atoms with Crippen LogP contribution in [-0.4, -0.2) is 16.7 Å². The largest absolute Gasteiger partial charge is 0.398 e. The van der Waals surface area contributed by atoms with Crippen molar-refractivity contribution in [2.24, 2.45) is 0 Å². The second-order valence-corrected chi connectivity index (χ2v) is 6.09. The van der Waals surface area contributed by atoms with E-state index < -0.39 is 9.93 Å². The molecule has 11 heavy (non-hydrogen) atoms. The maximum atomic E-state index is 11.6. The number of hydrogen-bond donors (Lipinski definition) is 2. The molecule has 0 aliphatic heterocycles. The van der Waals surface area contributed by atoms with Crippen molar-refractivity contribution in [3.63, 3.8) is 0 Å². The van der Waals surface area contributed by atoms with E-state index in [4.69, 9.17) is 5.73 Å².